The summed E-state index contributed by atoms with van der Waals surface area (Å²) >= 11 is 1.16. The minimum atomic E-state index is -4.65. The van der Waals surface area contributed by atoms with Gasteiger partial charge in [-0.05, 0) is 17.7 Å². The summed E-state index contributed by atoms with van der Waals surface area (Å²) in [4.78, 5) is 34.2. The fourth-order valence-electron chi connectivity index (χ4n) is 3.44. The zero-order valence-corrected chi connectivity index (χ0v) is 17.3. The second kappa shape index (κ2) is 8.56. The number of aromatic nitrogens is 2. The highest BCUT2D eigenvalue weighted by molar-refractivity contribution is 7.13. The van der Waals surface area contributed by atoms with E-state index < -0.39 is 29.2 Å². The molecule has 0 spiro atoms. The maximum Gasteiger partial charge on any atom is 0.418 e. The number of benzene rings is 2. The van der Waals surface area contributed by atoms with Crippen LogP contribution in [-0.2, 0) is 12.6 Å². The molecule has 6 nitrogen and oxygen atoms in total. The number of halogens is 3. The van der Waals surface area contributed by atoms with Gasteiger partial charge in [-0.25, -0.2) is 4.98 Å². The number of nitrogens with one attached hydrogen (secondary N) is 1. The summed E-state index contributed by atoms with van der Waals surface area (Å²) < 4.78 is 39.9. The molecule has 32 heavy (non-hydrogen) atoms. The van der Waals surface area contributed by atoms with E-state index >= 15 is 0 Å². The molecule has 4 aromatic rings. The van der Waals surface area contributed by atoms with Gasteiger partial charge in [0.15, 0.2) is 5.13 Å². The maximum absolute atomic E-state index is 13.4. The number of anilines is 1. The lowest BCUT2D eigenvalue weighted by atomic mass is 10.1. The molecule has 0 bridgehead atoms. The molecule has 0 aliphatic carbocycles. The molecule has 2 aromatic carbocycles. The molecule has 3 N–H and O–H groups in total. The molecular weight excluding hydrogens is 441 g/mol. The molecule has 2 aromatic heterocycles. The Morgan fingerprint density at radius 2 is 1.91 bits per heavy atom. The van der Waals surface area contributed by atoms with E-state index in [2.05, 4.69) is 9.97 Å². The van der Waals surface area contributed by atoms with Gasteiger partial charge in [-0.3, -0.25) is 14.5 Å². The summed E-state index contributed by atoms with van der Waals surface area (Å²) in [6.45, 7) is 0. The van der Waals surface area contributed by atoms with Crippen molar-refractivity contribution in [3.05, 3.63) is 93.2 Å². The molecule has 0 saturated carbocycles. The van der Waals surface area contributed by atoms with Gasteiger partial charge in [0.05, 0.1) is 17.2 Å². The molecular formula is C22H17F3N4O2S. The summed E-state index contributed by atoms with van der Waals surface area (Å²) in [5.41, 5.74) is 4.70. The van der Waals surface area contributed by atoms with Crippen molar-refractivity contribution >= 4 is 33.3 Å². The van der Waals surface area contributed by atoms with Crippen molar-refractivity contribution in [2.75, 3.05) is 4.90 Å². The number of carbonyl (C=O) groups is 1. The first-order chi connectivity index (χ1) is 15.3. The number of aromatic amines is 1. The average Bonchev–Trinajstić information content (AvgIpc) is 3.28. The van der Waals surface area contributed by atoms with E-state index in [0.29, 0.717) is 0 Å². The lowest BCUT2D eigenvalue weighted by Crippen LogP contribution is -2.48. The third-order valence-corrected chi connectivity index (χ3v) is 5.68. The number of nitrogens with zero attached hydrogens (tertiary/aromatic N) is 2. The molecule has 4 rings (SSSR count). The number of H-pyrrole nitrogens is 1. The summed E-state index contributed by atoms with van der Waals surface area (Å²) in [5.74, 6) is -0.746. The molecule has 0 aliphatic heterocycles. The molecule has 2 heterocycles. The number of nitrogens with two attached hydrogens (primary N) is 1. The van der Waals surface area contributed by atoms with E-state index in [4.69, 9.17) is 5.73 Å². The van der Waals surface area contributed by atoms with Gasteiger partial charge in [-0.15, -0.1) is 11.3 Å². The number of carbonyl (C=O) groups excluding carboxylic acids is 1. The van der Waals surface area contributed by atoms with E-state index in [0.717, 1.165) is 35.2 Å². The molecule has 1 atom stereocenters. The van der Waals surface area contributed by atoms with Gasteiger partial charge in [0.1, 0.15) is 5.56 Å². The van der Waals surface area contributed by atoms with Gasteiger partial charge < -0.3 is 10.7 Å². The number of rotatable bonds is 5. The Hall–Kier alpha value is -3.50. The number of hydrogen-bond acceptors (Lipinski definition) is 5. The Morgan fingerprint density at radius 3 is 2.56 bits per heavy atom. The van der Waals surface area contributed by atoms with Crippen molar-refractivity contribution in [3.8, 4) is 0 Å². The van der Waals surface area contributed by atoms with E-state index in [-0.39, 0.29) is 28.0 Å². The number of alkyl halides is 3. The summed E-state index contributed by atoms with van der Waals surface area (Å²) in [6.07, 6.45) is -2.73. The largest absolute Gasteiger partial charge is 0.418 e. The van der Waals surface area contributed by atoms with Crippen molar-refractivity contribution in [1.82, 2.24) is 9.97 Å². The molecule has 1 unspecified atom stereocenters. The summed E-state index contributed by atoms with van der Waals surface area (Å²) in [7, 11) is 0. The highest BCUT2D eigenvalue weighted by Gasteiger charge is 2.34. The van der Waals surface area contributed by atoms with Gasteiger partial charge >= 0.3 is 6.18 Å². The third kappa shape index (κ3) is 4.14. The van der Waals surface area contributed by atoms with E-state index in [1.165, 1.54) is 17.2 Å². The van der Waals surface area contributed by atoms with Crippen LogP contribution >= 0.6 is 11.3 Å². The fraction of sp³-hybridized carbons (Fsp3) is 0.136. The quantitative estimate of drug-likeness (QED) is 0.439. The standard InChI is InChI=1S/C22H17F3N4O2S/c23-22(24,25)16-8-4-7-14-18(16)28-12-15(19(14)30)20(31)29(21-27-9-10-32-21)17(26)11-13-5-2-1-3-6-13/h1-10,12,17H,11,26H2,(H,28,30). The van der Waals surface area contributed by atoms with Crippen molar-refractivity contribution in [2.45, 2.75) is 18.8 Å². The van der Waals surface area contributed by atoms with Crippen LogP contribution in [0.1, 0.15) is 21.5 Å². The Bertz CT molecular complexity index is 1300. The van der Waals surface area contributed by atoms with Crippen LogP contribution in [0.5, 0.6) is 0 Å². The van der Waals surface area contributed by atoms with Crippen LogP contribution in [-0.4, -0.2) is 22.0 Å². The summed E-state index contributed by atoms with van der Waals surface area (Å²) in [5, 5.41) is 1.70. The van der Waals surface area contributed by atoms with Crippen LogP contribution in [0, 0.1) is 0 Å². The van der Waals surface area contributed by atoms with Gasteiger partial charge in [0.25, 0.3) is 5.91 Å². The van der Waals surface area contributed by atoms with Crippen molar-refractivity contribution < 1.29 is 18.0 Å². The van der Waals surface area contributed by atoms with E-state index in [1.807, 2.05) is 30.3 Å². The predicted octanol–water partition coefficient (Wildman–Crippen LogP) is 4.18. The second-order valence-electron chi connectivity index (χ2n) is 7.00. The van der Waals surface area contributed by atoms with Crippen LogP contribution in [0.4, 0.5) is 18.3 Å². The average molecular weight is 458 g/mol. The first-order valence-corrected chi connectivity index (χ1v) is 10.4. The third-order valence-electron chi connectivity index (χ3n) is 4.91. The van der Waals surface area contributed by atoms with E-state index in [9.17, 15) is 22.8 Å². The number of thiazole rings is 1. The molecule has 10 heteroatoms. The molecule has 0 radical (unpaired) electrons. The number of pyridine rings is 1. The fourth-order valence-corrected chi connectivity index (χ4v) is 4.13. The molecule has 0 aliphatic rings. The van der Waals surface area contributed by atoms with Crippen molar-refractivity contribution in [3.63, 3.8) is 0 Å². The lowest BCUT2D eigenvalue weighted by Gasteiger charge is -2.26. The minimum absolute atomic E-state index is 0.235. The normalized spacial score (nSPS) is 12.6. The minimum Gasteiger partial charge on any atom is -0.360 e. The van der Waals surface area contributed by atoms with Crippen molar-refractivity contribution in [1.29, 1.82) is 0 Å². The monoisotopic (exact) mass is 458 g/mol. The molecule has 1 amide bonds. The highest BCUT2D eigenvalue weighted by Crippen LogP contribution is 2.33. The smallest absolute Gasteiger partial charge is 0.360 e. The maximum atomic E-state index is 13.4. The van der Waals surface area contributed by atoms with Crippen LogP contribution in [0.3, 0.4) is 0 Å². The zero-order chi connectivity index (χ0) is 22.9. The highest BCUT2D eigenvalue weighted by atomic mass is 32.1. The van der Waals surface area contributed by atoms with Crippen LogP contribution in [0.2, 0.25) is 0 Å². The predicted molar refractivity (Wildman–Crippen MR) is 117 cm³/mol. The van der Waals surface area contributed by atoms with Gasteiger partial charge in [-0.2, -0.15) is 13.2 Å². The van der Waals surface area contributed by atoms with Gasteiger partial charge in [-0.1, -0.05) is 36.4 Å². The number of fused-ring (bicyclic) bond motifs is 1. The van der Waals surface area contributed by atoms with Gasteiger partial charge in [0, 0.05) is 29.6 Å². The molecule has 0 fully saturated rings. The number of para-hydroxylation sites is 1. The first-order valence-electron chi connectivity index (χ1n) is 9.51. The Kier molecular flexibility index (Phi) is 5.81. The number of amides is 1. The molecule has 0 saturated heterocycles. The van der Waals surface area contributed by atoms with Crippen LogP contribution in [0.15, 0.2) is 71.1 Å². The topological polar surface area (TPSA) is 92.1 Å². The Labute approximate surface area is 184 Å². The second-order valence-corrected chi connectivity index (χ2v) is 7.88. The molecule has 164 valence electrons. The lowest BCUT2D eigenvalue weighted by molar-refractivity contribution is -0.136. The Morgan fingerprint density at radius 1 is 1.16 bits per heavy atom. The van der Waals surface area contributed by atoms with Crippen LogP contribution in [0.25, 0.3) is 10.9 Å². The summed E-state index contributed by atoms with van der Waals surface area (Å²) in [6, 6.07) is 12.5. The van der Waals surface area contributed by atoms with E-state index in [1.54, 1.807) is 5.38 Å². The van der Waals surface area contributed by atoms with Crippen molar-refractivity contribution in [2.24, 2.45) is 5.73 Å². The van der Waals surface area contributed by atoms with Gasteiger partial charge in [0.2, 0.25) is 5.43 Å². The zero-order valence-electron chi connectivity index (χ0n) is 16.5. The first kappa shape index (κ1) is 21.7. The van der Waals surface area contributed by atoms with Crippen LogP contribution < -0.4 is 16.1 Å². The number of hydrogen-bond donors (Lipinski definition) is 2. The SMILES string of the molecule is NC(Cc1ccccc1)N(C(=O)c1c[nH]c2c(C(F)(F)F)cccc2c1=O)c1nccs1. The Balaban J connectivity index is 1.77.